The largest absolute Gasteiger partial charge is 0.428 e. The normalized spacial score (nSPS) is 30.2. The van der Waals surface area contributed by atoms with Gasteiger partial charge in [0.15, 0.2) is 0 Å². The van der Waals surface area contributed by atoms with Gasteiger partial charge in [-0.3, -0.25) is 4.74 Å². The molecule has 0 aromatic rings. The molecule has 1 aliphatic heterocycles. The molecule has 0 bridgehead atoms. The van der Waals surface area contributed by atoms with Gasteiger partial charge in [0, 0.05) is 6.42 Å². The van der Waals surface area contributed by atoms with Gasteiger partial charge < -0.3 is 0 Å². The SMILES string of the molecule is CCCCCCCCCC1(F)OC(F)(F)C(F)(F)C(F)(F)C1(F)F. The molecule has 24 heavy (non-hydrogen) atoms. The molecule has 0 aromatic heterocycles. The van der Waals surface area contributed by atoms with E-state index in [1.807, 2.05) is 6.92 Å². The zero-order valence-electron chi connectivity index (χ0n) is 13.0. The van der Waals surface area contributed by atoms with E-state index >= 15 is 0 Å². The molecule has 1 saturated heterocycles. The van der Waals surface area contributed by atoms with Crippen LogP contribution in [0.4, 0.5) is 39.5 Å². The Labute approximate surface area is 133 Å². The van der Waals surface area contributed by atoms with Gasteiger partial charge in [-0.15, -0.1) is 0 Å². The highest BCUT2D eigenvalue weighted by atomic mass is 19.4. The molecular formula is C14H19F9O. The summed E-state index contributed by atoms with van der Waals surface area (Å²) in [7, 11) is 0. The third-order valence-electron chi connectivity index (χ3n) is 4.01. The lowest BCUT2D eigenvalue weighted by molar-refractivity contribution is -0.536. The topological polar surface area (TPSA) is 9.23 Å². The van der Waals surface area contributed by atoms with Crippen LogP contribution in [0.25, 0.3) is 0 Å². The van der Waals surface area contributed by atoms with Crippen LogP contribution in [0.5, 0.6) is 0 Å². The lowest BCUT2D eigenvalue weighted by atomic mass is 9.90. The van der Waals surface area contributed by atoms with Crippen LogP contribution in [0, 0.1) is 0 Å². The first-order valence-corrected chi connectivity index (χ1v) is 7.67. The van der Waals surface area contributed by atoms with Crippen molar-refractivity contribution < 1.29 is 44.3 Å². The third-order valence-corrected chi connectivity index (χ3v) is 4.01. The van der Waals surface area contributed by atoms with Crippen LogP contribution < -0.4 is 0 Å². The molecule has 1 aliphatic rings. The molecule has 0 aromatic carbocycles. The second kappa shape index (κ2) is 6.92. The molecule has 0 radical (unpaired) electrons. The van der Waals surface area contributed by atoms with Crippen LogP contribution in [0.15, 0.2) is 0 Å². The summed E-state index contributed by atoms with van der Waals surface area (Å²) in [4.78, 5) is 0. The fourth-order valence-corrected chi connectivity index (χ4v) is 2.46. The minimum atomic E-state index is -6.59. The summed E-state index contributed by atoms with van der Waals surface area (Å²) < 4.78 is 122. The van der Waals surface area contributed by atoms with Crippen molar-refractivity contribution in [1.82, 2.24) is 0 Å². The van der Waals surface area contributed by atoms with Gasteiger partial charge in [0.05, 0.1) is 0 Å². The molecule has 1 atom stereocenters. The highest BCUT2D eigenvalue weighted by molar-refractivity contribution is 5.11. The fourth-order valence-electron chi connectivity index (χ4n) is 2.46. The molecule has 0 aliphatic carbocycles. The summed E-state index contributed by atoms with van der Waals surface area (Å²) in [5, 5.41) is 0. The Kier molecular flexibility index (Phi) is 6.16. The molecular weight excluding hydrogens is 355 g/mol. The van der Waals surface area contributed by atoms with Gasteiger partial charge in [0.1, 0.15) is 0 Å². The molecule has 0 N–H and O–H groups in total. The van der Waals surface area contributed by atoms with Crippen LogP contribution in [-0.4, -0.2) is 29.7 Å². The second-order valence-corrected chi connectivity index (χ2v) is 5.94. The second-order valence-electron chi connectivity index (χ2n) is 5.94. The lowest BCUT2D eigenvalue weighted by Crippen LogP contribution is -2.76. The maximum Gasteiger partial charge on any atom is 0.428 e. The lowest BCUT2D eigenvalue weighted by Gasteiger charge is -2.48. The van der Waals surface area contributed by atoms with E-state index in [1.165, 1.54) is 0 Å². The number of unbranched alkanes of at least 4 members (excludes halogenated alkanes) is 6. The first-order chi connectivity index (χ1) is 10.8. The minimum absolute atomic E-state index is 0.0996. The predicted octanol–water partition coefficient (Wildman–Crippen LogP) is 6.32. The molecule has 1 nitrogen and oxygen atoms in total. The van der Waals surface area contributed by atoms with Crippen molar-refractivity contribution in [2.75, 3.05) is 0 Å². The number of alkyl halides is 9. The number of rotatable bonds is 8. The zero-order chi connectivity index (χ0) is 18.9. The summed E-state index contributed by atoms with van der Waals surface area (Å²) >= 11 is 0. The maximum atomic E-state index is 14.0. The standard InChI is InChI=1S/C14H19F9O/c1-2-3-4-5-6-7-8-9-10(15)11(16,17)12(18,19)13(20,21)14(22,23)24-10/h2-9H2,1H3. The molecule has 0 amide bonds. The quantitative estimate of drug-likeness (QED) is 0.357. The van der Waals surface area contributed by atoms with E-state index in [9.17, 15) is 39.5 Å². The van der Waals surface area contributed by atoms with Crippen LogP contribution in [0.3, 0.4) is 0 Å². The van der Waals surface area contributed by atoms with Gasteiger partial charge in [-0.2, -0.15) is 35.1 Å². The van der Waals surface area contributed by atoms with Crippen molar-refractivity contribution in [2.24, 2.45) is 0 Å². The predicted molar refractivity (Wildman–Crippen MR) is 67.3 cm³/mol. The first-order valence-electron chi connectivity index (χ1n) is 7.67. The summed E-state index contributed by atoms with van der Waals surface area (Å²) in [6, 6.07) is 0. The highest BCUT2D eigenvalue weighted by Crippen LogP contribution is 2.63. The number of halogens is 9. The van der Waals surface area contributed by atoms with Gasteiger partial charge in [-0.25, -0.2) is 4.39 Å². The number of hydrogen-bond acceptors (Lipinski definition) is 1. The fraction of sp³-hybridized carbons (Fsp3) is 1.00. The van der Waals surface area contributed by atoms with Crippen molar-refractivity contribution in [3.8, 4) is 0 Å². The zero-order valence-corrected chi connectivity index (χ0v) is 13.0. The summed E-state index contributed by atoms with van der Waals surface area (Å²) in [6.07, 6.45) is -4.15. The monoisotopic (exact) mass is 374 g/mol. The Bertz CT molecular complexity index is 424. The molecule has 1 heterocycles. The van der Waals surface area contributed by atoms with Crippen LogP contribution in [0.2, 0.25) is 0 Å². The van der Waals surface area contributed by atoms with Crippen LogP contribution in [-0.2, 0) is 4.74 Å². The molecule has 10 heteroatoms. The number of hydrogen-bond donors (Lipinski definition) is 0. The maximum absolute atomic E-state index is 14.0. The summed E-state index contributed by atoms with van der Waals surface area (Å²) in [6.45, 7) is 1.95. The Morgan fingerprint density at radius 3 is 1.54 bits per heavy atom. The summed E-state index contributed by atoms with van der Waals surface area (Å²) in [5.41, 5.74) is 0. The van der Waals surface area contributed by atoms with Crippen molar-refractivity contribution in [1.29, 1.82) is 0 Å². The van der Waals surface area contributed by atoms with E-state index < -0.39 is 42.6 Å². The van der Waals surface area contributed by atoms with E-state index in [-0.39, 0.29) is 6.42 Å². The molecule has 144 valence electrons. The van der Waals surface area contributed by atoms with Gasteiger partial charge in [0.2, 0.25) is 0 Å². The smallest absolute Gasteiger partial charge is 0.272 e. The highest BCUT2D eigenvalue weighted by Gasteiger charge is 2.92. The van der Waals surface area contributed by atoms with Crippen molar-refractivity contribution in [3.05, 3.63) is 0 Å². The van der Waals surface area contributed by atoms with E-state index in [4.69, 9.17) is 0 Å². The number of ether oxygens (including phenoxy) is 1. The van der Waals surface area contributed by atoms with Crippen LogP contribution in [0.1, 0.15) is 58.3 Å². The Morgan fingerprint density at radius 2 is 1.04 bits per heavy atom. The molecule has 0 spiro atoms. The molecule has 1 fully saturated rings. The first kappa shape index (κ1) is 21.4. The van der Waals surface area contributed by atoms with Crippen molar-refractivity contribution in [2.45, 2.75) is 88.0 Å². The van der Waals surface area contributed by atoms with Crippen LogP contribution >= 0.6 is 0 Å². The Hall–Kier alpha value is -0.670. The van der Waals surface area contributed by atoms with Gasteiger partial charge >= 0.3 is 23.9 Å². The van der Waals surface area contributed by atoms with E-state index in [1.54, 1.807) is 0 Å². The minimum Gasteiger partial charge on any atom is -0.272 e. The summed E-state index contributed by atoms with van der Waals surface area (Å²) in [5.74, 6) is -24.1. The Balaban J connectivity index is 2.78. The molecule has 0 saturated carbocycles. The third kappa shape index (κ3) is 3.35. The molecule has 1 unspecified atom stereocenters. The average molecular weight is 374 g/mol. The molecule has 1 rings (SSSR count). The van der Waals surface area contributed by atoms with Gasteiger partial charge in [0.25, 0.3) is 5.85 Å². The Morgan fingerprint density at radius 1 is 0.583 bits per heavy atom. The van der Waals surface area contributed by atoms with E-state index in [2.05, 4.69) is 4.74 Å². The van der Waals surface area contributed by atoms with Crippen molar-refractivity contribution >= 4 is 0 Å². The van der Waals surface area contributed by atoms with E-state index in [0.29, 0.717) is 12.8 Å². The van der Waals surface area contributed by atoms with Gasteiger partial charge in [-0.05, 0) is 6.42 Å². The van der Waals surface area contributed by atoms with Crippen molar-refractivity contribution in [3.63, 3.8) is 0 Å². The van der Waals surface area contributed by atoms with Gasteiger partial charge in [-0.1, -0.05) is 45.4 Å². The average Bonchev–Trinajstić information content (AvgIpc) is 2.44. The van der Waals surface area contributed by atoms with E-state index in [0.717, 1.165) is 19.3 Å².